The van der Waals surface area contributed by atoms with Crippen molar-refractivity contribution in [1.82, 2.24) is 0 Å². The van der Waals surface area contributed by atoms with Gasteiger partial charge in [-0.3, -0.25) is 9.59 Å². The van der Waals surface area contributed by atoms with Crippen molar-refractivity contribution in [3.8, 4) is 23.0 Å². The number of benzene rings is 2. The number of carbonyl (C=O) groups is 2. The zero-order valence-electron chi connectivity index (χ0n) is 28.6. The van der Waals surface area contributed by atoms with Crippen molar-refractivity contribution in [1.29, 1.82) is 0 Å². The van der Waals surface area contributed by atoms with E-state index < -0.39 is 11.8 Å². The topological polar surface area (TPSA) is 112 Å². The van der Waals surface area contributed by atoms with Gasteiger partial charge in [-0.25, -0.2) is 0 Å². The highest BCUT2D eigenvalue weighted by atomic mass is 16.5. The van der Waals surface area contributed by atoms with Crippen LogP contribution in [0.5, 0.6) is 23.0 Å². The van der Waals surface area contributed by atoms with Crippen LogP contribution in [0.2, 0.25) is 0 Å². The van der Waals surface area contributed by atoms with Gasteiger partial charge in [-0.1, -0.05) is 12.2 Å². The lowest BCUT2D eigenvalue weighted by Gasteiger charge is -2.34. The minimum atomic E-state index is -0.580. The van der Waals surface area contributed by atoms with E-state index in [1.54, 1.807) is 0 Å². The third-order valence-electron chi connectivity index (χ3n) is 11.1. The van der Waals surface area contributed by atoms with Gasteiger partial charge in [0.05, 0.1) is 37.3 Å². The quantitative estimate of drug-likeness (QED) is 0.236. The van der Waals surface area contributed by atoms with E-state index in [1.807, 2.05) is 67.5 Å². The molecule has 8 heteroatoms. The summed E-state index contributed by atoms with van der Waals surface area (Å²) >= 11 is 0. The fraction of sp³-hybridized carbons (Fsp3) is 0.579. The molecule has 1 aliphatic carbocycles. The first-order valence-corrected chi connectivity index (χ1v) is 16.8. The molecule has 0 spiro atoms. The maximum Gasteiger partial charge on any atom is 0.310 e. The molecule has 5 rings (SSSR count). The molecule has 0 bridgehead atoms. The molecule has 3 aliphatic rings. The van der Waals surface area contributed by atoms with Gasteiger partial charge in [0.25, 0.3) is 0 Å². The summed E-state index contributed by atoms with van der Waals surface area (Å²) in [5.74, 6) is 0.708. The fourth-order valence-electron chi connectivity index (χ4n) is 7.41. The van der Waals surface area contributed by atoms with Crippen LogP contribution in [-0.4, -0.2) is 47.6 Å². The normalized spacial score (nSPS) is 25.1. The molecule has 2 aromatic carbocycles. The number of hydrogen-bond donors (Lipinski definition) is 2. The molecular weight excluding hydrogens is 584 g/mol. The Morgan fingerprint density at radius 2 is 1.02 bits per heavy atom. The van der Waals surface area contributed by atoms with Gasteiger partial charge in [0.2, 0.25) is 0 Å². The van der Waals surface area contributed by atoms with Gasteiger partial charge >= 0.3 is 11.9 Å². The number of aromatic hydroxyl groups is 2. The average Bonchev–Trinajstić information content (AvgIpc) is 3.05. The highest BCUT2D eigenvalue weighted by molar-refractivity contribution is 5.82. The standard InChI is InChI=1S/C38H50O8/c1-19-21(3)35-31(23(5)33(19)39)17-27(25(7)45-35)13-15-43-37(41)29-11-9-10-12-30(29)38(42)44-16-14-28-18-32-24(6)34(40)20(2)22(4)36(32)46-26(28)8/h9-10,25-30,39-40H,11-18H2,1-8H3. The average molecular weight is 635 g/mol. The molecule has 250 valence electrons. The first-order chi connectivity index (χ1) is 21.8. The molecular formula is C38H50O8. The fourth-order valence-corrected chi connectivity index (χ4v) is 7.41. The third-order valence-corrected chi connectivity index (χ3v) is 11.1. The number of phenolic OH excluding ortho intramolecular Hbond substituents is 2. The van der Waals surface area contributed by atoms with Crippen molar-refractivity contribution in [3.63, 3.8) is 0 Å². The largest absolute Gasteiger partial charge is 0.507 e. The number of fused-ring (bicyclic) bond motifs is 2. The number of esters is 2. The number of rotatable bonds is 8. The number of carbonyl (C=O) groups excluding carboxylic acids is 2. The maximum absolute atomic E-state index is 13.2. The van der Waals surface area contributed by atoms with Crippen LogP contribution in [0, 0.1) is 65.2 Å². The Labute approximate surface area is 273 Å². The summed E-state index contributed by atoms with van der Waals surface area (Å²) in [5, 5.41) is 21.2. The lowest BCUT2D eigenvalue weighted by atomic mass is 9.83. The second kappa shape index (κ2) is 13.6. The predicted octanol–water partition coefficient (Wildman–Crippen LogP) is 6.98. The second-order valence-electron chi connectivity index (χ2n) is 13.7. The van der Waals surface area contributed by atoms with Crippen molar-refractivity contribution in [2.45, 2.75) is 106 Å². The van der Waals surface area contributed by atoms with E-state index in [0.29, 0.717) is 37.2 Å². The molecule has 0 saturated carbocycles. The van der Waals surface area contributed by atoms with E-state index >= 15 is 0 Å². The van der Waals surface area contributed by atoms with Crippen LogP contribution in [0.4, 0.5) is 0 Å². The first-order valence-electron chi connectivity index (χ1n) is 16.8. The van der Waals surface area contributed by atoms with Crippen molar-refractivity contribution in [2.24, 2.45) is 23.7 Å². The zero-order valence-corrected chi connectivity index (χ0v) is 28.6. The predicted molar refractivity (Wildman–Crippen MR) is 176 cm³/mol. The lowest BCUT2D eigenvalue weighted by Crippen LogP contribution is -2.36. The number of phenols is 2. The van der Waals surface area contributed by atoms with Crippen LogP contribution >= 0.6 is 0 Å². The zero-order chi connectivity index (χ0) is 33.4. The minimum Gasteiger partial charge on any atom is -0.507 e. The van der Waals surface area contributed by atoms with E-state index in [2.05, 4.69) is 0 Å². The number of ether oxygens (including phenoxy) is 4. The Morgan fingerprint density at radius 1 is 0.652 bits per heavy atom. The molecule has 0 saturated heterocycles. The molecule has 0 amide bonds. The first kappa shape index (κ1) is 33.7. The molecule has 6 atom stereocenters. The van der Waals surface area contributed by atoms with E-state index in [-0.39, 0.29) is 49.2 Å². The van der Waals surface area contributed by atoms with Crippen LogP contribution in [0.3, 0.4) is 0 Å². The van der Waals surface area contributed by atoms with Gasteiger partial charge in [0, 0.05) is 23.0 Å². The van der Waals surface area contributed by atoms with Crippen LogP contribution in [-0.2, 0) is 31.9 Å². The van der Waals surface area contributed by atoms with Crippen molar-refractivity contribution in [2.75, 3.05) is 13.2 Å². The third kappa shape index (κ3) is 6.32. The van der Waals surface area contributed by atoms with Gasteiger partial charge < -0.3 is 29.2 Å². The molecule has 2 heterocycles. The van der Waals surface area contributed by atoms with Crippen LogP contribution in [0.25, 0.3) is 0 Å². The molecule has 0 aromatic heterocycles. The van der Waals surface area contributed by atoms with E-state index in [4.69, 9.17) is 18.9 Å². The monoisotopic (exact) mass is 634 g/mol. The highest BCUT2D eigenvalue weighted by Gasteiger charge is 2.38. The summed E-state index contributed by atoms with van der Waals surface area (Å²) in [4.78, 5) is 26.5. The summed E-state index contributed by atoms with van der Waals surface area (Å²) in [6.07, 6.45) is 7.38. The highest BCUT2D eigenvalue weighted by Crippen LogP contribution is 2.44. The Morgan fingerprint density at radius 3 is 1.39 bits per heavy atom. The lowest BCUT2D eigenvalue weighted by molar-refractivity contribution is -0.161. The molecule has 2 aliphatic heterocycles. The molecule has 2 N–H and O–H groups in total. The van der Waals surface area contributed by atoms with Crippen molar-refractivity contribution < 1.29 is 38.7 Å². The Bertz CT molecular complexity index is 1430. The number of hydrogen-bond acceptors (Lipinski definition) is 8. The van der Waals surface area contributed by atoms with Gasteiger partial charge in [-0.2, -0.15) is 0 Å². The smallest absolute Gasteiger partial charge is 0.310 e. The summed E-state index contributed by atoms with van der Waals surface area (Å²) < 4.78 is 24.1. The van der Waals surface area contributed by atoms with E-state index in [0.717, 1.165) is 68.8 Å². The number of allylic oxidation sites excluding steroid dienone is 2. The SMILES string of the molecule is Cc1c(C)c2c(c(C)c1O)CC(CCOC(=O)C1CC=CCC1C(=O)OCCC1Cc3c(C)c(O)c(C)c(C)c3OC1C)C(C)O2. The van der Waals surface area contributed by atoms with E-state index in [9.17, 15) is 19.8 Å². The summed E-state index contributed by atoms with van der Waals surface area (Å²) in [5.41, 5.74) is 7.34. The van der Waals surface area contributed by atoms with Crippen LogP contribution in [0.15, 0.2) is 12.2 Å². The van der Waals surface area contributed by atoms with Crippen molar-refractivity contribution in [3.05, 3.63) is 56.7 Å². The van der Waals surface area contributed by atoms with Gasteiger partial charge in [-0.15, -0.1) is 0 Å². The Balaban J connectivity index is 1.13. The maximum atomic E-state index is 13.2. The van der Waals surface area contributed by atoms with Crippen LogP contribution < -0.4 is 9.47 Å². The molecule has 2 aromatic rings. The van der Waals surface area contributed by atoms with Gasteiger partial charge in [-0.05, 0) is 127 Å². The summed E-state index contributed by atoms with van der Waals surface area (Å²) in [6, 6.07) is 0. The van der Waals surface area contributed by atoms with Crippen molar-refractivity contribution >= 4 is 11.9 Å². The van der Waals surface area contributed by atoms with Gasteiger partial charge in [0.15, 0.2) is 0 Å². The molecule has 8 nitrogen and oxygen atoms in total. The Hall–Kier alpha value is -3.68. The van der Waals surface area contributed by atoms with Crippen LogP contribution in [0.1, 0.15) is 84.0 Å². The molecule has 46 heavy (non-hydrogen) atoms. The Kier molecular flexibility index (Phi) is 9.95. The molecule has 0 fully saturated rings. The molecule has 6 unspecified atom stereocenters. The minimum absolute atomic E-state index is 0.0536. The second-order valence-corrected chi connectivity index (χ2v) is 13.7. The summed E-state index contributed by atoms with van der Waals surface area (Å²) in [6.45, 7) is 16.1. The van der Waals surface area contributed by atoms with E-state index in [1.165, 1.54) is 0 Å². The molecule has 0 radical (unpaired) electrons. The summed E-state index contributed by atoms with van der Waals surface area (Å²) in [7, 11) is 0. The van der Waals surface area contributed by atoms with Gasteiger partial charge in [0.1, 0.15) is 23.0 Å².